The van der Waals surface area contributed by atoms with E-state index in [1.165, 1.54) is 0 Å². The molecule has 0 aliphatic carbocycles. The Morgan fingerprint density at radius 3 is 2.89 bits per heavy atom. The zero-order chi connectivity index (χ0) is 13.8. The van der Waals surface area contributed by atoms with Gasteiger partial charge in [-0.15, -0.1) is 0 Å². The second kappa shape index (κ2) is 6.39. The Balaban J connectivity index is 2.29. The predicted octanol–water partition coefficient (Wildman–Crippen LogP) is 1.99. The Hall–Kier alpha value is -1.07. The van der Waals surface area contributed by atoms with Gasteiger partial charge in [0.15, 0.2) is 5.75 Å². The molecule has 0 amide bonds. The summed E-state index contributed by atoms with van der Waals surface area (Å²) in [6.45, 7) is 8.95. The number of rotatable bonds is 6. The van der Waals surface area contributed by atoms with Crippen LogP contribution in [0.5, 0.6) is 5.75 Å². The molecule has 1 N–H and O–H groups in total. The van der Waals surface area contributed by atoms with Gasteiger partial charge < -0.3 is 14.8 Å². The molecule has 1 aromatic heterocycles. The van der Waals surface area contributed by atoms with Crippen LogP contribution in [0.25, 0.3) is 0 Å². The van der Waals surface area contributed by atoms with Gasteiger partial charge in [0.2, 0.25) is 0 Å². The van der Waals surface area contributed by atoms with Crippen molar-refractivity contribution in [3.8, 4) is 5.75 Å². The van der Waals surface area contributed by atoms with Crippen molar-refractivity contribution in [2.24, 2.45) is 5.92 Å². The minimum atomic E-state index is 0.243. The van der Waals surface area contributed by atoms with Crippen molar-refractivity contribution in [3.63, 3.8) is 0 Å². The molecule has 3 atom stereocenters. The number of hydrogen-bond acceptors (Lipinski definition) is 4. The highest BCUT2D eigenvalue weighted by atomic mass is 16.5. The van der Waals surface area contributed by atoms with E-state index in [0.717, 1.165) is 37.6 Å². The fourth-order valence-electron chi connectivity index (χ4n) is 2.89. The summed E-state index contributed by atoms with van der Waals surface area (Å²) in [4.78, 5) is 0. The molecule has 0 aromatic carbocycles. The van der Waals surface area contributed by atoms with Crippen LogP contribution in [-0.4, -0.2) is 36.1 Å². The van der Waals surface area contributed by atoms with Crippen LogP contribution in [0.1, 0.15) is 38.9 Å². The maximum atomic E-state index is 5.73. The van der Waals surface area contributed by atoms with Gasteiger partial charge >= 0.3 is 0 Å². The average Bonchev–Trinajstić information content (AvgIpc) is 3.01. The van der Waals surface area contributed by atoms with Crippen LogP contribution >= 0.6 is 0 Å². The van der Waals surface area contributed by atoms with Gasteiger partial charge in [0.1, 0.15) is 0 Å². The number of ether oxygens (including phenoxy) is 2. The van der Waals surface area contributed by atoms with Gasteiger partial charge in [-0.3, -0.25) is 4.68 Å². The molecule has 108 valence electrons. The number of nitrogens with zero attached hydrogens (tertiary/aromatic N) is 2. The van der Waals surface area contributed by atoms with Gasteiger partial charge in [-0.1, -0.05) is 6.92 Å². The normalized spacial score (nSPS) is 24.6. The number of methoxy groups -OCH3 is 1. The van der Waals surface area contributed by atoms with Crippen molar-refractivity contribution in [3.05, 3.63) is 11.9 Å². The molecule has 1 saturated heterocycles. The van der Waals surface area contributed by atoms with Gasteiger partial charge in [0, 0.05) is 12.5 Å². The average molecular weight is 267 g/mol. The second-order valence-corrected chi connectivity index (χ2v) is 5.09. The SMILES string of the molecule is CCNC(c1c(OC)cnn1CC)C1COC(C)C1. The first-order valence-electron chi connectivity index (χ1n) is 7.15. The smallest absolute Gasteiger partial charge is 0.161 e. The largest absolute Gasteiger partial charge is 0.493 e. The zero-order valence-corrected chi connectivity index (χ0v) is 12.3. The van der Waals surface area contributed by atoms with E-state index in [1.807, 2.05) is 10.9 Å². The molecule has 0 bridgehead atoms. The maximum absolute atomic E-state index is 5.73. The molecular weight excluding hydrogens is 242 g/mol. The van der Waals surface area contributed by atoms with Crippen molar-refractivity contribution in [2.45, 2.75) is 45.9 Å². The lowest BCUT2D eigenvalue weighted by Crippen LogP contribution is -2.31. The molecule has 3 unspecified atom stereocenters. The third-order valence-electron chi connectivity index (χ3n) is 3.78. The summed E-state index contributed by atoms with van der Waals surface area (Å²) in [5, 5.41) is 7.99. The third-order valence-corrected chi connectivity index (χ3v) is 3.78. The van der Waals surface area contributed by atoms with Gasteiger partial charge in [0.05, 0.1) is 37.8 Å². The van der Waals surface area contributed by atoms with Crippen LogP contribution in [0.2, 0.25) is 0 Å². The summed E-state index contributed by atoms with van der Waals surface area (Å²) in [5.41, 5.74) is 1.15. The highest BCUT2D eigenvalue weighted by Crippen LogP contribution is 2.35. The van der Waals surface area contributed by atoms with Gasteiger partial charge in [0.25, 0.3) is 0 Å². The van der Waals surface area contributed by atoms with E-state index >= 15 is 0 Å². The molecule has 0 saturated carbocycles. The second-order valence-electron chi connectivity index (χ2n) is 5.09. The van der Waals surface area contributed by atoms with Crippen molar-refractivity contribution in [1.29, 1.82) is 0 Å². The van der Waals surface area contributed by atoms with Gasteiger partial charge in [-0.05, 0) is 26.8 Å². The topological polar surface area (TPSA) is 48.3 Å². The van der Waals surface area contributed by atoms with Crippen LogP contribution in [0, 0.1) is 5.92 Å². The first-order valence-corrected chi connectivity index (χ1v) is 7.15. The summed E-state index contributed by atoms with van der Waals surface area (Å²) in [6, 6.07) is 0.243. The van der Waals surface area contributed by atoms with Gasteiger partial charge in [-0.2, -0.15) is 5.10 Å². The Bertz CT molecular complexity index is 384. The lowest BCUT2D eigenvalue weighted by Gasteiger charge is -2.25. The van der Waals surface area contributed by atoms with Crippen LogP contribution < -0.4 is 10.1 Å². The van der Waals surface area contributed by atoms with E-state index in [-0.39, 0.29) is 6.04 Å². The van der Waals surface area contributed by atoms with Gasteiger partial charge in [-0.25, -0.2) is 0 Å². The predicted molar refractivity (Wildman–Crippen MR) is 74.4 cm³/mol. The van der Waals surface area contributed by atoms with E-state index in [2.05, 4.69) is 31.2 Å². The minimum Gasteiger partial charge on any atom is -0.493 e. The molecule has 1 aliphatic rings. The number of hydrogen-bond donors (Lipinski definition) is 1. The molecule has 0 radical (unpaired) electrons. The fraction of sp³-hybridized carbons (Fsp3) is 0.786. The van der Waals surface area contributed by atoms with Crippen molar-refractivity contribution >= 4 is 0 Å². The lowest BCUT2D eigenvalue weighted by atomic mass is 9.93. The van der Waals surface area contributed by atoms with Crippen molar-refractivity contribution in [2.75, 3.05) is 20.3 Å². The molecular formula is C14H25N3O2. The van der Waals surface area contributed by atoms with E-state index < -0.39 is 0 Å². The standard InChI is InChI=1S/C14H25N3O2/c1-5-15-13(11-7-10(3)19-9-11)14-12(18-4)8-16-17(14)6-2/h8,10-11,13,15H,5-7,9H2,1-4H3. The first-order chi connectivity index (χ1) is 9.21. The molecule has 5 heteroatoms. The quantitative estimate of drug-likeness (QED) is 0.856. The summed E-state index contributed by atoms with van der Waals surface area (Å²) < 4.78 is 13.2. The summed E-state index contributed by atoms with van der Waals surface area (Å²) in [5.74, 6) is 1.35. The molecule has 0 spiro atoms. The Kier molecular flexibility index (Phi) is 4.82. The minimum absolute atomic E-state index is 0.243. The fourth-order valence-corrected chi connectivity index (χ4v) is 2.89. The summed E-state index contributed by atoms with van der Waals surface area (Å²) in [7, 11) is 1.71. The number of aryl methyl sites for hydroxylation is 1. The van der Waals surface area contributed by atoms with Crippen LogP contribution in [0.3, 0.4) is 0 Å². The third kappa shape index (κ3) is 2.92. The molecule has 2 heterocycles. The highest BCUT2D eigenvalue weighted by Gasteiger charge is 2.33. The zero-order valence-electron chi connectivity index (χ0n) is 12.3. The number of aromatic nitrogens is 2. The van der Waals surface area contributed by atoms with Crippen LogP contribution in [0.15, 0.2) is 6.20 Å². The van der Waals surface area contributed by atoms with E-state index in [9.17, 15) is 0 Å². The molecule has 5 nitrogen and oxygen atoms in total. The van der Waals surface area contributed by atoms with Crippen molar-refractivity contribution < 1.29 is 9.47 Å². The Morgan fingerprint density at radius 2 is 2.37 bits per heavy atom. The Labute approximate surface area is 115 Å². The van der Waals surface area contributed by atoms with E-state index in [4.69, 9.17) is 9.47 Å². The maximum Gasteiger partial charge on any atom is 0.161 e. The number of nitrogens with one attached hydrogen (secondary N) is 1. The monoisotopic (exact) mass is 267 g/mol. The molecule has 2 rings (SSSR count). The van der Waals surface area contributed by atoms with Crippen LogP contribution in [-0.2, 0) is 11.3 Å². The van der Waals surface area contributed by atoms with Crippen molar-refractivity contribution in [1.82, 2.24) is 15.1 Å². The summed E-state index contributed by atoms with van der Waals surface area (Å²) in [6.07, 6.45) is 3.23. The van der Waals surface area contributed by atoms with E-state index in [0.29, 0.717) is 12.0 Å². The van der Waals surface area contributed by atoms with Crippen LogP contribution in [0.4, 0.5) is 0 Å². The molecule has 19 heavy (non-hydrogen) atoms. The molecule has 1 fully saturated rings. The molecule has 1 aromatic rings. The first kappa shape index (κ1) is 14.3. The van der Waals surface area contributed by atoms with E-state index in [1.54, 1.807) is 7.11 Å². The Morgan fingerprint density at radius 1 is 1.58 bits per heavy atom. The molecule has 1 aliphatic heterocycles. The summed E-state index contributed by atoms with van der Waals surface area (Å²) >= 11 is 0. The lowest BCUT2D eigenvalue weighted by molar-refractivity contribution is 0.116. The highest BCUT2D eigenvalue weighted by molar-refractivity contribution is 5.29.